The molecule has 2 aromatic rings. The zero-order chi connectivity index (χ0) is 19.1. The molecule has 0 saturated carbocycles. The van der Waals surface area contributed by atoms with E-state index in [9.17, 15) is 9.59 Å². The number of esters is 1. The van der Waals surface area contributed by atoms with E-state index in [2.05, 4.69) is 5.32 Å². The minimum absolute atomic E-state index is 0.235. The zero-order valence-electron chi connectivity index (χ0n) is 15.3. The molecular formula is C21H23NO5. The summed E-state index contributed by atoms with van der Waals surface area (Å²) in [5.74, 6) is 0.180. The molecule has 2 aromatic carbocycles. The molecule has 142 valence electrons. The van der Waals surface area contributed by atoms with Crippen LogP contribution in [-0.4, -0.2) is 31.7 Å². The van der Waals surface area contributed by atoms with E-state index < -0.39 is 11.9 Å². The van der Waals surface area contributed by atoms with Gasteiger partial charge in [-0.25, -0.2) is 4.79 Å². The van der Waals surface area contributed by atoms with Gasteiger partial charge in [0.25, 0.3) is 5.91 Å². The molecule has 0 radical (unpaired) electrons. The van der Waals surface area contributed by atoms with Crippen LogP contribution in [0.15, 0.2) is 42.5 Å². The van der Waals surface area contributed by atoms with Crippen LogP contribution < -0.4 is 14.8 Å². The van der Waals surface area contributed by atoms with Crippen molar-refractivity contribution in [1.82, 2.24) is 0 Å². The third-order valence-corrected chi connectivity index (χ3v) is 4.25. The van der Waals surface area contributed by atoms with Crippen LogP contribution in [0.4, 0.5) is 5.69 Å². The molecule has 0 saturated heterocycles. The molecular weight excluding hydrogens is 346 g/mol. The first-order valence-corrected chi connectivity index (χ1v) is 9.07. The maximum absolute atomic E-state index is 12.0. The summed E-state index contributed by atoms with van der Waals surface area (Å²) >= 11 is 0. The normalized spacial score (nSPS) is 12.2. The second kappa shape index (κ2) is 9.07. The molecule has 0 fully saturated rings. The topological polar surface area (TPSA) is 73.9 Å². The van der Waals surface area contributed by atoms with Gasteiger partial charge < -0.3 is 19.5 Å². The highest BCUT2D eigenvalue weighted by Crippen LogP contribution is 2.26. The summed E-state index contributed by atoms with van der Waals surface area (Å²) in [5.41, 5.74) is 3.15. The molecule has 1 aliphatic carbocycles. The summed E-state index contributed by atoms with van der Waals surface area (Å²) in [5, 5.41) is 2.67. The number of fused-ring (bicyclic) bond motifs is 1. The molecule has 6 nitrogen and oxygen atoms in total. The molecule has 0 aromatic heterocycles. The summed E-state index contributed by atoms with van der Waals surface area (Å²) in [4.78, 5) is 23.8. The molecule has 1 N–H and O–H groups in total. The monoisotopic (exact) mass is 369 g/mol. The van der Waals surface area contributed by atoms with Crippen LogP contribution in [0.1, 0.15) is 24.5 Å². The van der Waals surface area contributed by atoms with E-state index in [4.69, 9.17) is 14.2 Å². The number of carbonyl (C=O) groups excluding carboxylic acids is 2. The summed E-state index contributed by atoms with van der Waals surface area (Å²) in [6.45, 7) is 1.73. The third kappa shape index (κ3) is 5.23. The highest BCUT2D eigenvalue weighted by atomic mass is 16.6. The highest BCUT2D eigenvalue weighted by molar-refractivity contribution is 5.94. The van der Waals surface area contributed by atoms with Crippen LogP contribution in [0.5, 0.6) is 11.5 Å². The lowest BCUT2D eigenvalue weighted by molar-refractivity contribution is -0.149. The van der Waals surface area contributed by atoms with Crippen molar-refractivity contribution in [2.24, 2.45) is 0 Å². The van der Waals surface area contributed by atoms with E-state index in [0.717, 1.165) is 19.3 Å². The summed E-state index contributed by atoms with van der Waals surface area (Å²) < 4.78 is 15.9. The van der Waals surface area contributed by atoms with Crippen molar-refractivity contribution in [3.8, 4) is 11.5 Å². The second-order valence-corrected chi connectivity index (χ2v) is 6.21. The van der Waals surface area contributed by atoms with E-state index >= 15 is 0 Å². The number of aryl methyl sites for hydroxylation is 2. The van der Waals surface area contributed by atoms with Crippen molar-refractivity contribution in [3.63, 3.8) is 0 Å². The van der Waals surface area contributed by atoms with Crippen molar-refractivity contribution in [3.05, 3.63) is 53.6 Å². The van der Waals surface area contributed by atoms with Gasteiger partial charge in [-0.1, -0.05) is 18.2 Å². The largest absolute Gasteiger partial charge is 0.492 e. The Labute approximate surface area is 158 Å². The Balaban J connectivity index is 1.43. The minimum Gasteiger partial charge on any atom is -0.492 e. The van der Waals surface area contributed by atoms with Gasteiger partial charge in [-0.15, -0.1) is 0 Å². The van der Waals surface area contributed by atoms with Gasteiger partial charge in [0, 0.05) is 0 Å². The van der Waals surface area contributed by atoms with Crippen LogP contribution >= 0.6 is 0 Å². The minimum atomic E-state index is -0.594. The van der Waals surface area contributed by atoms with Crippen molar-refractivity contribution in [2.75, 3.05) is 25.1 Å². The first-order valence-electron chi connectivity index (χ1n) is 9.07. The molecule has 0 unspecified atom stereocenters. The molecule has 27 heavy (non-hydrogen) atoms. The average Bonchev–Trinajstić information content (AvgIpc) is 3.14. The smallest absolute Gasteiger partial charge is 0.344 e. The number of para-hydroxylation sites is 2. The number of carbonyl (C=O) groups is 2. The van der Waals surface area contributed by atoms with Crippen molar-refractivity contribution in [2.45, 2.75) is 26.2 Å². The van der Waals surface area contributed by atoms with Gasteiger partial charge in [0.15, 0.2) is 13.2 Å². The van der Waals surface area contributed by atoms with E-state index in [1.54, 1.807) is 18.2 Å². The van der Waals surface area contributed by atoms with Gasteiger partial charge in [-0.2, -0.15) is 0 Å². The first-order chi connectivity index (χ1) is 13.2. The van der Waals surface area contributed by atoms with Crippen molar-refractivity contribution in [1.29, 1.82) is 0 Å². The van der Waals surface area contributed by atoms with Gasteiger partial charge in [-0.05, 0) is 61.6 Å². The molecule has 1 aliphatic rings. The molecule has 0 bridgehead atoms. The van der Waals surface area contributed by atoms with E-state index in [-0.39, 0.29) is 13.2 Å². The summed E-state index contributed by atoms with van der Waals surface area (Å²) in [6, 6.07) is 12.9. The molecule has 0 atom stereocenters. The number of benzene rings is 2. The summed E-state index contributed by atoms with van der Waals surface area (Å²) in [7, 11) is 0. The molecule has 0 heterocycles. The number of rotatable bonds is 8. The third-order valence-electron chi connectivity index (χ3n) is 4.25. The molecule has 0 aliphatic heterocycles. The number of ether oxygens (including phenoxy) is 3. The Bertz CT molecular complexity index is 818. The number of hydrogen-bond donors (Lipinski definition) is 1. The van der Waals surface area contributed by atoms with Crippen LogP contribution in [0, 0.1) is 0 Å². The van der Waals surface area contributed by atoms with Gasteiger partial charge in [0.05, 0.1) is 12.3 Å². The Morgan fingerprint density at radius 1 is 1.00 bits per heavy atom. The van der Waals surface area contributed by atoms with Crippen LogP contribution in [-0.2, 0) is 27.2 Å². The second-order valence-electron chi connectivity index (χ2n) is 6.21. The fraction of sp³-hybridized carbons (Fsp3) is 0.333. The lowest BCUT2D eigenvalue weighted by Crippen LogP contribution is -2.24. The predicted molar refractivity (Wildman–Crippen MR) is 101 cm³/mol. The lowest BCUT2D eigenvalue weighted by Gasteiger charge is -2.11. The maximum atomic E-state index is 12.0. The van der Waals surface area contributed by atoms with Gasteiger partial charge in [0.2, 0.25) is 0 Å². The fourth-order valence-corrected chi connectivity index (χ4v) is 3.01. The Kier molecular flexibility index (Phi) is 6.30. The first kappa shape index (κ1) is 18.8. The van der Waals surface area contributed by atoms with E-state index in [1.165, 1.54) is 11.1 Å². The highest BCUT2D eigenvalue weighted by Gasteiger charge is 2.13. The number of anilines is 1. The summed E-state index contributed by atoms with van der Waals surface area (Å²) in [6.07, 6.45) is 3.29. The predicted octanol–water partition coefficient (Wildman–Crippen LogP) is 3.13. The van der Waals surface area contributed by atoms with E-state index in [1.807, 2.05) is 31.2 Å². The Morgan fingerprint density at radius 2 is 1.81 bits per heavy atom. The fourth-order valence-electron chi connectivity index (χ4n) is 3.01. The molecule has 3 rings (SSSR count). The lowest BCUT2D eigenvalue weighted by atomic mass is 10.1. The maximum Gasteiger partial charge on any atom is 0.344 e. The van der Waals surface area contributed by atoms with Gasteiger partial charge >= 0.3 is 5.97 Å². The number of hydrogen-bond acceptors (Lipinski definition) is 5. The Morgan fingerprint density at radius 3 is 2.67 bits per heavy atom. The van der Waals surface area contributed by atoms with Gasteiger partial charge in [0.1, 0.15) is 11.5 Å². The number of nitrogens with one attached hydrogen (secondary N) is 1. The van der Waals surface area contributed by atoms with Crippen molar-refractivity contribution < 1.29 is 23.8 Å². The van der Waals surface area contributed by atoms with Gasteiger partial charge in [-0.3, -0.25) is 4.79 Å². The average molecular weight is 369 g/mol. The van der Waals surface area contributed by atoms with Crippen molar-refractivity contribution >= 4 is 17.6 Å². The zero-order valence-corrected chi connectivity index (χ0v) is 15.3. The van der Waals surface area contributed by atoms with Crippen LogP contribution in [0.25, 0.3) is 0 Å². The van der Waals surface area contributed by atoms with E-state index in [0.29, 0.717) is 23.8 Å². The molecule has 6 heteroatoms. The molecule has 0 spiro atoms. The quantitative estimate of drug-likeness (QED) is 0.724. The standard InChI is InChI=1S/C21H23NO5/c1-2-25-19-9-4-3-8-18(19)22-20(23)13-27-21(24)14-26-17-11-10-15-6-5-7-16(15)12-17/h3-4,8-12H,2,5-7,13-14H2,1H3,(H,22,23). The SMILES string of the molecule is CCOc1ccccc1NC(=O)COC(=O)COc1ccc2c(c1)CCC2. The van der Waals surface area contributed by atoms with Crippen LogP contribution in [0.3, 0.4) is 0 Å². The number of amides is 1. The van der Waals surface area contributed by atoms with Crippen LogP contribution in [0.2, 0.25) is 0 Å². The Hall–Kier alpha value is -3.02. The molecule has 1 amide bonds.